The molecule has 0 fully saturated rings. The van der Waals surface area contributed by atoms with E-state index in [0.717, 1.165) is 0 Å². The number of aliphatic hydroxyl groups excluding tert-OH is 1. The first-order valence-corrected chi connectivity index (χ1v) is 8.02. The number of H-pyrrole nitrogens is 1. The van der Waals surface area contributed by atoms with Gasteiger partial charge in [-0.1, -0.05) is 0 Å². The number of aryl methyl sites for hydroxylation is 1. The maximum atomic E-state index is 14.4. The zero-order valence-electron chi connectivity index (χ0n) is 13.8. The summed E-state index contributed by atoms with van der Waals surface area (Å²) in [4.78, 5) is 14.9. The lowest BCUT2D eigenvalue weighted by Crippen LogP contribution is -2.10. The summed E-state index contributed by atoms with van der Waals surface area (Å²) in [5, 5.41) is 9.91. The highest BCUT2D eigenvalue weighted by molar-refractivity contribution is 5.93. The van der Waals surface area contributed by atoms with E-state index in [1.807, 2.05) is 0 Å². The number of alkyl halides is 3. The lowest BCUT2D eigenvalue weighted by atomic mass is 10.1. The molecule has 2 N–H and O–H groups in total. The predicted octanol–water partition coefficient (Wildman–Crippen LogP) is 3.40. The summed E-state index contributed by atoms with van der Waals surface area (Å²) < 4.78 is 52.9. The van der Waals surface area contributed by atoms with Gasteiger partial charge in [0.15, 0.2) is 11.5 Å². The number of rotatable bonds is 4. The normalized spacial score (nSPS) is 12.3. The SMILES string of the molecule is OCc1cnc2c(F)cc(-c3c[nH]c4nc(CCC(F)(F)F)ncc34)cn12. The summed E-state index contributed by atoms with van der Waals surface area (Å²) in [5.74, 6) is -0.490. The highest BCUT2D eigenvalue weighted by Gasteiger charge is 2.27. The van der Waals surface area contributed by atoms with Crippen molar-refractivity contribution in [2.75, 3.05) is 0 Å². The molecule has 0 bridgehead atoms. The van der Waals surface area contributed by atoms with E-state index in [1.54, 1.807) is 12.4 Å². The smallest absolute Gasteiger partial charge is 0.389 e. The Morgan fingerprint density at radius 2 is 2.00 bits per heavy atom. The standard InChI is InChI=1S/C17H13F4N5O/c18-13-3-9(7-26-10(8-27)4-24-16(13)26)11-5-23-15-12(11)6-22-14(25-15)1-2-17(19,20)21/h3-7,27H,1-2,8H2,(H,22,23,25). The van der Waals surface area contributed by atoms with Gasteiger partial charge in [0.1, 0.15) is 11.5 Å². The number of fused-ring (bicyclic) bond motifs is 2. The quantitative estimate of drug-likeness (QED) is 0.533. The lowest BCUT2D eigenvalue weighted by Gasteiger charge is -2.06. The van der Waals surface area contributed by atoms with Crippen molar-refractivity contribution in [1.29, 1.82) is 0 Å². The van der Waals surface area contributed by atoms with Gasteiger partial charge in [0.2, 0.25) is 0 Å². The van der Waals surface area contributed by atoms with Gasteiger partial charge in [0.05, 0.1) is 24.9 Å². The summed E-state index contributed by atoms with van der Waals surface area (Å²) >= 11 is 0. The molecule has 140 valence electrons. The van der Waals surface area contributed by atoms with Crippen LogP contribution in [0.25, 0.3) is 27.8 Å². The summed E-state index contributed by atoms with van der Waals surface area (Å²) in [6.07, 6.45) is 0.416. The molecule has 0 spiro atoms. The average Bonchev–Trinajstić information content (AvgIpc) is 3.22. The Labute approximate surface area is 149 Å². The molecular formula is C17H13F4N5O. The predicted molar refractivity (Wildman–Crippen MR) is 88.3 cm³/mol. The molecule has 0 aromatic carbocycles. The Kier molecular flexibility index (Phi) is 4.06. The molecule has 4 heterocycles. The number of hydrogen-bond acceptors (Lipinski definition) is 4. The fourth-order valence-corrected chi connectivity index (χ4v) is 2.92. The van der Waals surface area contributed by atoms with Crippen LogP contribution in [0.1, 0.15) is 17.9 Å². The maximum absolute atomic E-state index is 14.4. The zero-order chi connectivity index (χ0) is 19.2. The van der Waals surface area contributed by atoms with Crippen LogP contribution in [0.5, 0.6) is 0 Å². The molecule has 0 atom stereocenters. The van der Waals surface area contributed by atoms with Crippen molar-refractivity contribution in [2.45, 2.75) is 25.6 Å². The number of aliphatic hydroxyl groups is 1. The number of hydrogen-bond donors (Lipinski definition) is 2. The topological polar surface area (TPSA) is 79.1 Å². The second kappa shape index (κ2) is 6.31. The molecule has 0 radical (unpaired) electrons. The van der Waals surface area contributed by atoms with E-state index in [-0.39, 0.29) is 24.5 Å². The third-order valence-electron chi connectivity index (χ3n) is 4.22. The monoisotopic (exact) mass is 379 g/mol. The molecule has 6 nitrogen and oxygen atoms in total. The highest BCUT2D eigenvalue weighted by atomic mass is 19.4. The van der Waals surface area contributed by atoms with Crippen LogP contribution in [-0.2, 0) is 13.0 Å². The van der Waals surface area contributed by atoms with Crippen LogP contribution < -0.4 is 0 Å². The zero-order valence-corrected chi connectivity index (χ0v) is 13.8. The third kappa shape index (κ3) is 3.23. The van der Waals surface area contributed by atoms with Crippen molar-refractivity contribution >= 4 is 16.7 Å². The van der Waals surface area contributed by atoms with Crippen molar-refractivity contribution in [2.24, 2.45) is 0 Å². The van der Waals surface area contributed by atoms with Gasteiger partial charge >= 0.3 is 6.18 Å². The van der Waals surface area contributed by atoms with E-state index >= 15 is 0 Å². The average molecular weight is 379 g/mol. The summed E-state index contributed by atoms with van der Waals surface area (Å²) in [5.41, 5.74) is 1.96. The van der Waals surface area contributed by atoms with Crippen LogP contribution in [-0.4, -0.2) is 35.6 Å². The minimum Gasteiger partial charge on any atom is -0.390 e. The minimum absolute atomic E-state index is 0.0760. The molecular weight excluding hydrogens is 366 g/mol. The molecule has 10 heteroatoms. The molecule has 0 saturated heterocycles. The van der Waals surface area contributed by atoms with E-state index in [4.69, 9.17) is 0 Å². The third-order valence-corrected chi connectivity index (χ3v) is 4.22. The van der Waals surface area contributed by atoms with Crippen LogP contribution in [0.15, 0.2) is 30.9 Å². The number of nitrogens with one attached hydrogen (secondary N) is 1. The Bertz CT molecular complexity index is 1130. The van der Waals surface area contributed by atoms with Crippen molar-refractivity contribution < 1.29 is 22.7 Å². The van der Waals surface area contributed by atoms with Crippen molar-refractivity contribution in [1.82, 2.24) is 24.3 Å². The molecule has 0 amide bonds. The molecule has 27 heavy (non-hydrogen) atoms. The Balaban J connectivity index is 1.75. The first-order valence-electron chi connectivity index (χ1n) is 8.02. The van der Waals surface area contributed by atoms with E-state index in [9.17, 15) is 22.7 Å². The molecule has 4 aromatic rings. The number of imidazole rings is 1. The first kappa shape index (κ1) is 17.4. The van der Waals surface area contributed by atoms with E-state index < -0.39 is 18.4 Å². The van der Waals surface area contributed by atoms with Gasteiger partial charge < -0.3 is 10.1 Å². The van der Waals surface area contributed by atoms with Gasteiger partial charge in [-0.25, -0.2) is 19.3 Å². The van der Waals surface area contributed by atoms with Gasteiger partial charge in [0, 0.05) is 41.5 Å². The maximum Gasteiger partial charge on any atom is 0.389 e. The number of pyridine rings is 1. The molecule has 0 unspecified atom stereocenters. The molecule has 0 aliphatic carbocycles. The number of aromatic nitrogens is 5. The Morgan fingerprint density at radius 1 is 1.19 bits per heavy atom. The number of nitrogens with zero attached hydrogens (tertiary/aromatic N) is 4. The minimum atomic E-state index is -4.28. The fourth-order valence-electron chi connectivity index (χ4n) is 2.92. The van der Waals surface area contributed by atoms with Gasteiger partial charge in [-0.05, 0) is 6.07 Å². The van der Waals surface area contributed by atoms with E-state index in [1.165, 1.54) is 22.9 Å². The molecule has 0 aliphatic rings. The van der Waals surface area contributed by atoms with Crippen LogP contribution in [0.2, 0.25) is 0 Å². The van der Waals surface area contributed by atoms with Crippen molar-refractivity contribution in [3.05, 3.63) is 48.2 Å². The molecule has 0 saturated carbocycles. The molecule has 0 aliphatic heterocycles. The van der Waals surface area contributed by atoms with Crippen molar-refractivity contribution in [3.63, 3.8) is 0 Å². The summed E-state index contributed by atoms with van der Waals surface area (Å²) in [6, 6.07) is 1.30. The largest absolute Gasteiger partial charge is 0.390 e. The van der Waals surface area contributed by atoms with E-state index in [0.29, 0.717) is 27.9 Å². The van der Waals surface area contributed by atoms with Gasteiger partial charge in [-0.15, -0.1) is 0 Å². The highest BCUT2D eigenvalue weighted by Crippen LogP contribution is 2.29. The number of aromatic amines is 1. The van der Waals surface area contributed by atoms with Gasteiger partial charge in [-0.2, -0.15) is 13.2 Å². The van der Waals surface area contributed by atoms with Crippen LogP contribution in [0.4, 0.5) is 17.6 Å². The van der Waals surface area contributed by atoms with Gasteiger partial charge in [0.25, 0.3) is 0 Å². The number of halogens is 4. The second-order valence-corrected chi connectivity index (χ2v) is 6.04. The summed E-state index contributed by atoms with van der Waals surface area (Å²) in [6.45, 7) is -0.302. The summed E-state index contributed by atoms with van der Waals surface area (Å²) in [7, 11) is 0. The van der Waals surface area contributed by atoms with Crippen LogP contribution in [0, 0.1) is 5.82 Å². The first-order chi connectivity index (χ1) is 12.9. The lowest BCUT2D eigenvalue weighted by molar-refractivity contribution is -0.134. The molecule has 4 rings (SSSR count). The van der Waals surface area contributed by atoms with Gasteiger partial charge in [-0.3, -0.25) is 4.40 Å². The van der Waals surface area contributed by atoms with Crippen molar-refractivity contribution in [3.8, 4) is 11.1 Å². The van der Waals surface area contributed by atoms with Crippen LogP contribution >= 0.6 is 0 Å². The molecule has 4 aromatic heterocycles. The fraction of sp³-hybridized carbons (Fsp3) is 0.235. The van der Waals surface area contributed by atoms with E-state index in [2.05, 4.69) is 19.9 Å². The Morgan fingerprint density at radius 3 is 2.74 bits per heavy atom. The van der Waals surface area contributed by atoms with Crippen LogP contribution in [0.3, 0.4) is 0 Å². The Hall–Kier alpha value is -3.01. The second-order valence-electron chi connectivity index (χ2n) is 6.04.